The normalized spacial score (nSPS) is 12.1. The van der Waals surface area contributed by atoms with Crippen LogP contribution in [0.25, 0.3) is 0 Å². The molecule has 0 aromatic carbocycles. The van der Waals surface area contributed by atoms with Gasteiger partial charge in [-0.2, -0.15) is 0 Å². The van der Waals surface area contributed by atoms with Gasteiger partial charge in [0.25, 0.3) is 5.91 Å². The van der Waals surface area contributed by atoms with Crippen LogP contribution in [0, 0.1) is 0 Å². The van der Waals surface area contributed by atoms with Gasteiger partial charge in [0.1, 0.15) is 11.7 Å². The van der Waals surface area contributed by atoms with E-state index in [1.54, 1.807) is 5.38 Å². The van der Waals surface area contributed by atoms with Crippen LogP contribution in [0.2, 0.25) is 0 Å². The SMILES string of the molecule is CC(NC(=O)c1cscn1)C(=O)O. The maximum absolute atomic E-state index is 11.2. The maximum atomic E-state index is 11.2. The Kier molecular flexibility index (Phi) is 2.97. The minimum absolute atomic E-state index is 0.248. The Hall–Kier alpha value is -1.43. The van der Waals surface area contributed by atoms with Crippen molar-refractivity contribution in [1.29, 1.82) is 0 Å². The van der Waals surface area contributed by atoms with E-state index in [0.717, 1.165) is 0 Å². The lowest BCUT2D eigenvalue weighted by Crippen LogP contribution is -2.38. The van der Waals surface area contributed by atoms with Gasteiger partial charge in [-0.05, 0) is 6.92 Å². The Morgan fingerprint density at radius 2 is 2.38 bits per heavy atom. The second kappa shape index (κ2) is 3.99. The highest BCUT2D eigenvalue weighted by Crippen LogP contribution is 2.00. The Balaban J connectivity index is 2.56. The smallest absolute Gasteiger partial charge is 0.325 e. The first-order valence-electron chi connectivity index (χ1n) is 3.53. The summed E-state index contributed by atoms with van der Waals surface area (Å²) in [5.41, 5.74) is 1.76. The van der Waals surface area contributed by atoms with Crippen LogP contribution in [0.15, 0.2) is 10.9 Å². The molecule has 1 rings (SSSR count). The van der Waals surface area contributed by atoms with Crippen molar-refractivity contribution < 1.29 is 14.7 Å². The summed E-state index contributed by atoms with van der Waals surface area (Å²) in [7, 11) is 0. The van der Waals surface area contributed by atoms with Gasteiger partial charge in [0.15, 0.2) is 0 Å². The summed E-state index contributed by atoms with van der Waals surface area (Å²) in [6.45, 7) is 1.40. The van der Waals surface area contributed by atoms with E-state index in [9.17, 15) is 9.59 Å². The molecule has 1 aromatic rings. The van der Waals surface area contributed by atoms with Crippen molar-refractivity contribution in [2.24, 2.45) is 0 Å². The van der Waals surface area contributed by atoms with Crippen molar-refractivity contribution in [1.82, 2.24) is 10.3 Å². The molecule has 0 aliphatic carbocycles. The maximum Gasteiger partial charge on any atom is 0.325 e. The largest absolute Gasteiger partial charge is 0.480 e. The fraction of sp³-hybridized carbons (Fsp3) is 0.286. The van der Waals surface area contributed by atoms with Crippen LogP contribution in [0.4, 0.5) is 0 Å². The number of thiazole rings is 1. The summed E-state index contributed by atoms with van der Waals surface area (Å²) in [4.78, 5) is 25.3. The molecule has 0 saturated heterocycles. The van der Waals surface area contributed by atoms with Crippen LogP contribution < -0.4 is 5.32 Å². The lowest BCUT2D eigenvalue weighted by atomic mass is 10.3. The first-order chi connectivity index (χ1) is 6.11. The molecule has 0 fully saturated rings. The van der Waals surface area contributed by atoms with Gasteiger partial charge in [-0.3, -0.25) is 9.59 Å². The van der Waals surface area contributed by atoms with Crippen molar-refractivity contribution in [2.75, 3.05) is 0 Å². The molecule has 1 aromatic heterocycles. The summed E-state index contributed by atoms with van der Waals surface area (Å²) in [5.74, 6) is -1.53. The van der Waals surface area contributed by atoms with Crippen molar-refractivity contribution in [3.8, 4) is 0 Å². The number of aromatic nitrogens is 1. The van der Waals surface area contributed by atoms with Crippen molar-refractivity contribution >= 4 is 23.2 Å². The fourth-order valence-corrected chi connectivity index (χ4v) is 1.19. The zero-order valence-electron chi connectivity index (χ0n) is 6.85. The van der Waals surface area contributed by atoms with Crippen LogP contribution in [0.5, 0.6) is 0 Å². The molecular weight excluding hydrogens is 192 g/mol. The second-order valence-electron chi connectivity index (χ2n) is 2.41. The average molecular weight is 200 g/mol. The van der Waals surface area contributed by atoms with Crippen LogP contribution in [-0.2, 0) is 4.79 Å². The number of hydrogen-bond donors (Lipinski definition) is 2. The third-order valence-electron chi connectivity index (χ3n) is 1.38. The molecule has 1 atom stereocenters. The van der Waals surface area contributed by atoms with Gasteiger partial charge in [0.2, 0.25) is 0 Å². The molecule has 0 aliphatic heterocycles. The molecule has 0 aliphatic rings. The second-order valence-corrected chi connectivity index (χ2v) is 3.13. The summed E-state index contributed by atoms with van der Waals surface area (Å²) < 4.78 is 0. The zero-order valence-corrected chi connectivity index (χ0v) is 7.67. The molecular formula is C7H8N2O3S. The number of hydrogen-bond acceptors (Lipinski definition) is 4. The first kappa shape index (κ1) is 9.66. The van der Waals surface area contributed by atoms with E-state index >= 15 is 0 Å². The highest BCUT2D eigenvalue weighted by Gasteiger charge is 2.15. The highest BCUT2D eigenvalue weighted by atomic mass is 32.1. The molecule has 0 spiro atoms. The van der Waals surface area contributed by atoms with E-state index in [1.807, 2.05) is 0 Å². The summed E-state index contributed by atoms with van der Waals surface area (Å²) in [6, 6.07) is -0.894. The Bertz CT molecular complexity index is 310. The quantitative estimate of drug-likeness (QED) is 0.737. The van der Waals surface area contributed by atoms with E-state index in [4.69, 9.17) is 5.11 Å². The number of carbonyl (C=O) groups excluding carboxylic acids is 1. The molecule has 0 saturated carbocycles. The number of nitrogens with one attached hydrogen (secondary N) is 1. The molecule has 0 radical (unpaired) electrons. The monoisotopic (exact) mass is 200 g/mol. The van der Waals surface area contributed by atoms with Crippen LogP contribution in [-0.4, -0.2) is 28.0 Å². The summed E-state index contributed by atoms with van der Waals surface area (Å²) >= 11 is 1.28. The van der Waals surface area contributed by atoms with Crippen LogP contribution in [0.3, 0.4) is 0 Å². The third kappa shape index (κ3) is 2.51. The van der Waals surface area contributed by atoms with Crippen LogP contribution in [0.1, 0.15) is 17.4 Å². The van der Waals surface area contributed by atoms with Crippen molar-refractivity contribution in [3.63, 3.8) is 0 Å². The Morgan fingerprint density at radius 1 is 1.69 bits per heavy atom. The van der Waals surface area contributed by atoms with E-state index in [1.165, 1.54) is 23.8 Å². The van der Waals surface area contributed by atoms with E-state index in [0.29, 0.717) is 0 Å². The van der Waals surface area contributed by atoms with Crippen LogP contribution >= 0.6 is 11.3 Å². The standard InChI is InChI=1S/C7H8N2O3S/c1-4(7(11)12)9-6(10)5-2-13-3-8-5/h2-4H,1H3,(H,9,10)(H,11,12). The number of carboxylic acids is 1. The molecule has 1 heterocycles. The van der Waals surface area contributed by atoms with Gasteiger partial charge in [-0.1, -0.05) is 0 Å². The third-order valence-corrected chi connectivity index (χ3v) is 1.97. The number of carbonyl (C=O) groups is 2. The number of carboxylic acid groups (broad SMARTS) is 1. The molecule has 5 nitrogen and oxygen atoms in total. The van der Waals surface area contributed by atoms with Gasteiger partial charge in [-0.15, -0.1) is 11.3 Å². The van der Waals surface area contributed by atoms with Gasteiger partial charge in [0, 0.05) is 5.38 Å². The lowest BCUT2D eigenvalue weighted by Gasteiger charge is -2.06. The zero-order chi connectivity index (χ0) is 9.84. The molecule has 1 unspecified atom stereocenters. The number of aliphatic carboxylic acids is 1. The topological polar surface area (TPSA) is 79.3 Å². The van der Waals surface area contributed by atoms with Crippen molar-refractivity contribution in [3.05, 3.63) is 16.6 Å². The Labute approximate surface area is 78.4 Å². The van der Waals surface area contributed by atoms with Crippen molar-refractivity contribution in [2.45, 2.75) is 13.0 Å². The molecule has 1 amide bonds. The summed E-state index contributed by atoms with van der Waals surface area (Å²) in [5, 5.41) is 12.3. The first-order valence-corrected chi connectivity index (χ1v) is 4.47. The average Bonchev–Trinajstić information content (AvgIpc) is 2.55. The Morgan fingerprint density at radius 3 is 2.85 bits per heavy atom. The number of nitrogens with zero attached hydrogens (tertiary/aromatic N) is 1. The summed E-state index contributed by atoms with van der Waals surface area (Å²) in [6.07, 6.45) is 0. The predicted octanol–water partition coefficient (Wildman–Crippen LogP) is 0.346. The minimum atomic E-state index is -1.07. The lowest BCUT2D eigenvalue weighted by molar-refractivity contribution is -0.138. The van der Waals surface area contributed by atoms with E-state index in [-0.39, 0.29) is 5.69 Å². The molecule has 13 heavy (non-hydrogen) atoms. The predicted molar refractivity (Wildman–Crippen MR) is 46.7 cm³/mol. The number of amides is 1. The van der Waals surface area contributed by atoms with Gasteiger partial charge in [0.05, 0.1) is 5.51 Å². The molecule has 2 N–H and O–H groups in total. The van der Waals surface area contributed by atoms with E-state index < -0.39 is 17.9 Å². The van der Waals surface area contributed by atoms with Gasteiger partial charge >= 0.3 is 5.97 Å². The molecule has 6 heteroatoms. The minimum Gasteiger partial charge on any atom is -0.480 e. The fourth-order valence-electron chi connectivity index (χ4n) is 0.657. The van der Waals surface area contributed by atoms with E-state index in [2.05, 4.69) is 10.3 Å². The highest BCUT2D eigenvalue weighted by molar-refractivity contribution is 7.07. The molecule has 70 valence electrons. The van der Waals surface area contributed by atoms with Gasteiger partial charge < -0.3 is 10.4 Å². The van der Waals surface area contributed by atoms with Gasteiger partial charge in [-0.25, -0.2) is 4.98 Å². The molecule has 0 bridgehead atoms. The number of rotatable bonds is 3.